The number of hydrogen-bond acceptors (Lipinski definition) is 5. The fourth-order valence-electron chi connectivity index (χ4n) is 10.8. The third-order valence-electron chi connectivity index (χ3n) is 13.3. The van der Waals surface area contributed by atoms with Crippen LogP contribution < -0.4 is 0 Å². The second-order valence-electron chi connectivity index (χ2n) is 15.1. The van der Waals surface area contributed by atoms with E-state index in [1.165, 1.54) is 5.57 Å². The normalized spacial score (nSPS) is 55.9. The summed E-state index contributed by atoms with van der Waals surface area (Å²) in [6, 6.07) is 0. The summed E-state index contributed by atoms with van der Waals surface area (Å²) in [6.45, 7) is 13.0. The molecule has 5 N–H and O–H groups in total. The van der Waals surface area contributed by atoms with Crippen molar-refractivity contribution in [1.82, 2.24) is 0 Å². The molecule has 6 nitrogen and oxygen atoms in total. The number of carbonyl (C=O) groups is 1. The molecule has 0 spiro atoms. The number of carboxylic acids is 1. The van der Waals surface area contributed by atoms with Crippen molar-refractivity contribution in [3.63, 3.8) is 0 Å². The second-order valence-corrected chi connectivity index (χ2v) is 15.1. The first-order valence-electron chi connectivity index (χ1n) is 14.1. The summed E-state index contributed by atoms with van der Waals surface area (Å²) in [5.41, 5.74) is -1.18. The molecule has 0 amide bonds. The lowest BCUT2D eigenvalue weighted by Crippen LogP contribution is -2.68. The van der Waals surface area contributed by atoms with Crippen LogP contribution in [-0.4, -0.2) is 56.4 Å². The van der Waals surface area contributed by atoms with Crippen LogP contribution in [0.4, 0.5) is 0 Å². The summed E-state index contributed by atoms with van der Waals surface area (Å²) in [5.74, 6) is -0.478. The highest BCUT2D eigenvalue weighted by atomic mass is 16.4. The lowest BCUT2D eigenvalue weighted by Gasteiger charge is -2.71. The molecule has 11 atom stereocenters. The van der Waals surface area contributed by atoms with Crippen molar-refractivity contribution >= 4 is 5.97 Å². The minimum Gasteiger partial charge on any atom is -0.481 e. The van der Waals surface area contributed by atoms with Crippen molar-refractivity contribution in [2.75, 3.05) is 6.61 Å². The largest absolute Gasteiger partial charge is 0.481 e. The van der Waals surface area contributed by atoms with Gasteiger partial charge >= 0.3 is 5.97 Å². The number of fused-ring (bicyclic) bond motifs is 7. The topological polar surface area (TPSA) is 118 Å². The first-order chi connectivity index (χ1) is 16.5. The van der Waals surface area contributed by atoms with Gasteiger partial charge in [0.05, 0.1) is 30.3 Å². The van der Waals surface area contributed by atoms with Crippen molar-refractivity contribution in [2.24, 2.45) is 50.2 Å². The molecule has 0 heterocycles. The van der Waals surface area contributed by atoms with Crippen molar-refractivity contribution in [2.45, 2.75) is 111 Å². The Morgan fingerprint density at radius 2 is 1.61 bits per heavy atom. The third kappa shape index (κ3) is 3.02. The maximum atomic E-state index is 12.8. The Hall–Kier alpha value is -0.950. The number of aliphatic carboxylic acids is 1. The molecular formula is C30H48O6. The monoisotopic (exact) mass is 504 g/mol. The molecule has 4 saturated carbocycles. The number of hydrogen-bond donors (Lipinski definition) is 5. The van der Waals surface area contributed by atoms with Crippen molar-refractivity contribution in [3.8, 4) is 0 Å². The molecule has 0 bridgehead atoms. The molecule has 4 fully saturated rings. The second kappa shape index (κ2) is 7.80. The Kier molecular flexibility index (Phi) is 5.77. The van der Waals surface area contributed by atoms with E-state index in [-0.39, 0.29) is 46.0 Å². The van der Waals surface area contributed by atoms with Crippen LogP contribution in [0.3, 0.4) is 0 Å². The van der Waals surface area contributed by atoms with Gasteiger partial charge in [0.2, 0.25) is 0 Å². The van der Waals surface area contributed by atoms with Crippen LogP contribution in [-0.2, 0) is 4.79 Å². The average Bonchev–Trinajstić information content (AvgIpc) is 2.79. The minimum atomic E-state index is -0.933. The van der Waals surface area contributed by atoms with Gasteiger partial charge in [0, 0.05) is 5.41 Å². The van der Waals surface area contributed by atoms with E-state index in [4.69, 9.17) is 0 Å². The van der Waals surface area contributed by atoms with Crippen LogP contribution in [0.1, 0.15) is 92.9 Å². The van der Waals surface area contributed by atoms with Gasteiger partial charge in [-0.25, -0.2) is 0 Å². The summed E-state index contributed by atoms with van der Waals surface area (Å²) in [6.07, 6.45) is 5.47. The summed E-state index contributed by atoms with van der Waals surface area (Å²) in [4.78, 5) is 12.8. The van der Waals surface area contributed by atoms with E-state index in [1.54, 1.807) is 0 Å². The van der Waals surface area contributed by atoms with Crippen molar-refractivity contribution < 1.29 is 30.3 Å². The molecule has 0 aliphatic heterocycles. The average molecular weight is 505 g/mol. The maximum absolute atomic E-state index is 12.8. The molecule has 5 aliphatic carbocycles. The highest BCUT2D eigenvalue weighted by Crippen LogP contribution is 2.75. The summed E-state index contributed by atoms with van der Waals surface area (Å²) in [5, 5.41) is 53.8. The zero-order valence-corrected chi connectivity index (χ0v) is 23.0. The zero-order chi connectivity index (χ0) is 26.7. The molecule has 0 aromatic rings. The molecule has 5 rings (SSSR count). The van der Waals surface area contributed by atoms with E-state index in [0.717, 1.165) is 25.7 Å². The van der Waals surface area contributed by atoms with Gasteiger partial charge in [0.15, 0.2) is 0 Å². The van der Waals surface area contributed by atoms with Gasteiger partial charge in [-0.15, -0.1) is 0 Å². The molecule has 6 heteroatoms. The van der Waals surface area contributed by atoms with Crippen LogP contribution in [0.2, 0.25) is 0 Å². The van der Waals surface area contributed by atoms with E-state index < -0.39 is 35.1 Å². The van der Waals surface area contributed by atoms with E-state index in [1.807, 2.05) is 6.92 Å². The summed E-state index contributed by atoms with van der Waals surface area (Å²) in [7, 11) is 0. The van der Waals surface area contributed by atoms with Crippen LogP contribution in [0.25, 0.3) is 0 Å². The number of aliphatic hydroxyl groups excluding tert-OH is 4. The Morgan fingerprint density at radius 3 is 2.22 bits per heavy atom. The van der Waals surface area contributed by atoms with Gasteiger partial charge in [-0.05, 0) is 90.8 Å². The van der Waals surface area contributed by atoms with Gasteiger partial charge in [0.25, 0.3) is 0 Å². The number of aliphatic hydroxyl groups is 4. The fourth-order valence-corrected chi connectivity index (χ4v) is 10.8. The van der Waals surface area contributed by atoms with E-state index in [9.17, 15) is 30.3 Å². The predicted octanol–water partition coefficient (Wildman–Crippen LogP) is 4.15. The Morgan fingerprint density at radius 1 is 0.944 bits per heavy atom. The Labute approximate surface area is 216 Å². The lowest BCUT2D eigenvalue weighted by molar-refractivity contribution is -0.244. The smallest absolute Gasteiger partial charge is 0.310 e. The van der Waals surface area contributed by atoms with Crippen LogP contribution in [0.15, 0.2) is 11.6 Å². The first kappa shape index (κ1) is 26.6. The number of rotatable bonds is 2. The van der Waals surface area contributed by atoms with Gasteiger partial charge in [-0.2, -0.15) is 0 Å². The van der Waals surface area contributed by atoms with Gasteiger partial charge < -0.3 is 25.5 Å². The third-order valence-corrected chi connectivity index (χ3v) is 13.3. The van der Waals surface area contributed by atoms with Crippen LogP contribution in [0.5, 0.6) is 0 Å². The van der Waals surface area contributed by atoms with Crippen LogP contribution >= 0.6 is 0 Å². The van der Waals surface area contributed by atoms with Gasteiger partial charge in [-0.1, -0.05) is 53.2 Å². The maximum Gasteiger partial charge on any atom is 0.310 e. The van der Waals surface area contributed by atoms with Crippen molar-refractivity contribution in [3.05, 3.63) is 11.6 Å². The van der Waals surface area contributed by atoms with E-state index in [2.05, 4.69) is 40.7 Å². The summed E-state index contributed by atoms with van der Waals surface area (Å²) >= 11 is 0. The highest BCUT2D eigenvalue weighted by molar-refractivity contribution is 5.77. The first-order valence-corrected chi connectivity index (χ1v) is 14.1. The molecule has 204 valence electrons. The lowest BCUT2D eigenvalue weighted by atomic mass is 9.33. The molecule has 0 radical (unpaired) electrons. The molecule has 0 aromatic carbocycles. The van der Waals surface area contributed by atoms with Crippen molar-refractivity contribution in [1.29, 1.82) is 0 Å². The molecule has 36 heavy (non-hydrogen) atoms. The quantitative estimate of drug-likeness (QED) is 0.361. The number of allylic oxidation sites excluding steroid dienone is 2. The molecule has 0 saturated heterocycles. The predicted molar refractivity (Wildman–Crippen MR) is 137 cm³/mol. The zero-order valence-electron chi connectivity index (χ0n) is 23.0. The Balaban J connectivity index is 1.61. The van der Waals surface area contributed by atoms with Crippen LogP contribution in [0, 0.1) is 50.2 Å². The molecule has 0 aromatic heterocycles. The van der Waals surface area contributed by atoms with E-state index >= 15 is 0 Å². The van der Waals surface area contributed by atoms with Gasteiger partial charge in [0.1, 0.15) is 0 Å². The molecule has 2 unspecified atom stereocenters. The van der Waals surface area contributed by atoms with E-state index in [0.29, 0.717) is 25.7 Å². The Bertz CT molecular complexity index is 974. The molecule has 5 aliphatic rings. The summed E-state index contributed by atoms with van der Waals surface area (Å²) < 4.78 is 0. The fraction of sp³-hybridized carbons (Fsp3) is 0.900. The minimum absolute atomic E-state index is 0.0778. The number of carboxylic acid groups (broad SMARTS) is 1. The standard InChI is InChI=1S/C30H48O6/c1-25(2)13-18-17-7-8-21-26(3)14-19(32)23(34)27(4,16-31)20(26)9-10-29(21,6)28(17,5)11-12-30(18,24(35)36)15-22(25)33/h7,18-23,31-34H,8-16H2,1-6H3,(H,35,36)/t18-,19-,20?,21-,22+,23+,26+,27?,28-,29-,30-/m1/s1. The molecular weight excluding hydrogens is 456 g/mol. The SMILES string of the molecule is CC1(C)C[C@@H]2C3=CC[C@@H]4[C@@]5(C)C[C@@H](O)[C@H](O)C(C)(CO)C5CC[C@@]4(C)[C@]3(C)CC[C@@]2(C(=O)O)C[C@@H]1O. The highest BCUT2D eigenvalue weighted by Gasteiger charge is 2.71. The van der Waals surface area contributed by atoms with Gasteiger partial charge in [-0.3, -0.25) is 4.79 Å².